The molecule has 0 aliphatic rings. The van der Waals surface area contributed by atoms with Crippen molar-refractivity contribution in [3.8, 4) is 5.88 Å². The number of nitro groups is 1. The number of ether oxygens (including phenoxy) is 1. The van der Waals surface area contributed by atoms with Gasteiger partial charge in [-0.05, 0) is 53.8 Å². The van der Waals surface area contributed by atoms with Gasteiger partial charge in [0.2, 0.25) is 5.82 Å². The van der Waals surface area contributed by atoms with Crippen molar-refractivity contribution < 1.29 is 9.66 Å². The van der Waals surface area contributed by atoms with E-state index in [0.717, 1.165) is 3.57 Å². The minimum Gasteiger partial charge on any atom is -0.473 e. The fraction of sp³-hybridized carbons (Fsp3) is 0.167. The van der Waals surface area contributed by atoms with E-state index in [-0.39, 0.29) is 17.4 Å². The Kier molecular flexibility index (Phi) is 4.66. The summed E-state index contributed by atoms with van der Waals surface area (Å²) in [5.74, 6) is 0.0650. The Bertz CT molecular complexity index is 619. The zero-order valence-electron chi connectivity index (χ0n) is 10.5. The number of benzene rings is 1. The summed E-state index contributed by atoms with van der Waals surface area (Å²) in [4.78, 5) is 18.3. The van der Waals surface area contributed by atoms with Crippen LogP contribution in [0.25, 0.3) is 0 Å². The number of hydrogen-bond acceptors (Lipinski definition) is 6. The minimum atomic E-state index is -0.556. The Morgan fingerprint density at radius 3 is 2.65 bits per heavy atom. The molecule has 0 aliphatic carbocycles. The molecule has 1 aromatic heterocycles. The Morgan fingerprint density at radius 1 is 1.35 bits per heavy atom. The molecule has 7 nitrogen and oxygen atoms in total. The monoisotopic (exact) mass is 386 g/mol. The van der Waals surface area contributed by atoms with Gasteiger partial charge in [0.1, 0.15) is 6.33 Å². The third kappa shape index (κ3) is 3.32. The zero-order valence-corrected chi connectivity index (χ0v) is 12.7. The van der Waals surface area contributed by atoms with Crippen molar-refractivity contribution in [3.63, 3.8) is 0 Å². The van der Waals surface area contributed by atoms with Crippen LogP contribution >= 0.6 is 22.6 Å². The molecule has 20 heavy (non-hydrogen) atoms. The normalized spacial score (nSPS) is 10.1. The molecule has 0 atom stereocenters. The van der Waals surface area contributed by atoms with Gasteiger partial charge >= 0.3 is 5.69 Å². The number of aromatic nitrogens is 2. The van der Waals surface area contributed by atoms with Gasteiger partial charge in [-0.1, -0.05) is 0 Å². The van der Waals surface area contributed by atoms with E-state index in [1.54, 1.807) is 6.92 Å². The van der Waals surface area contributed by atoms with E-state index in [4.69, 9.17) is 4.74 Å². The summed E-state index contributed by atoms with van der Waals surface area (Å²) in [7, 11) is 0. The molecule has 2 rings (SSSR count). The quantitative estimate of drug-likeness (QED) is 0.483. The molecule has 2 aromatic rings. The highest BCUT2D eigenvalue weighted by atomic mass is 127. The molecule has 0 unspecified atom stereocenters. The lowest BCUT2D eigenvalue weighted by Crippen LogP contribution is -2.05. The van der Waals surface area contributed by atoms with E-state index < -0.39 is 4.92 Å². The highest BCUT2D eigenvalue weighted by Crippen LogP contribution is 2.32. The largest absolute Gasteiger partial charge is 0.473 e. The molecule has 1 aromatic carbocycles. The van der Waals surface area contributed by atoms with Crippen LogP contribution in [0.4, 0.5) is 17.2 Å². The first-order valence-electron chi connectivity index (χ1n) is 5.76. The van der Waals surface area contributed by atoms with Crippen LogP contribution in [0.5, 0.6) is 5.88 Å². The van der Waals surface area contributed by atoms with Crippen molar-refractivity contribution in [2.75, 3.05) is 11.9 Å². The highest BCUT2D eigenvalue weighted by molar-refractivity contribution is 14.1. The van der Waals surface area contributed by atoms with Crippen LogP contribution in [0.1, 0.15) is 6.92 Å². The predicted octanol–water partition coefficient (Wildman–Crippen LogP) is 3.13. The molecule has 0 bridgehead atoms. The fourth-order valence-corrected chi connectivity index (χ4v) is 1.89. The topological polar surface area (TPSA) is 90.2 Å². The molecule has 1 heterocycles. The highest BCUT2D eigenvalue weighted by Gasteiger charge is 2.24. The maximum atomic E-state index is 11.2. The lowest BCUT2D eigenvalue weighted by atomic mass is 10.3. The van der Waals surface area contributed by atoms with Crippen molar-refractivity contribution in [2.24, 2.45) is 0 Å². The molecule has 104 valence electrons. The molecule has 0 saturated carbocycles. The molecule has 8 heteroatoms. The van der Waals surface area contributed by atoms with E-state index >= 15 is 0 Å². The third-order valence-electron chi connectivity index (χ3n) is 2.36. The van der Waals surface area contributed by atoms with Gasteiger partial charge in [0.25, 0.3) is 5.88 Å². The van der Waals surface area contributed by atoms with Gasteiger partial charge in [-0.3, -0.25) is 10.1 Å². The average molecular weight is 386 g/mol. The van der Waals surface area contributed by atoms with Gasteiger partial charge < -0.3 is 10.1 Å². The van der Waals surface area contributed by atoms with Crippen molar-refractivity contribution in [2.45, 2.75) is 6.92 Å². The molecule has 0 spiro atoms. The maximum Gasteiger partial charge on any atom is 0.373 e. The van der Waals surface area contributed by atoms with E-state index in [9.17, 15) is 10.1 Å². The first-order chi connectivity index (χ1) is 9.61. The van der Waals surface area contributed by atoms with Crippen LogP contribution in [-0.2, 0) is 0 Å². The standard InChI is InChI=1S/C12H11IN4O3/c1-2-20-12-10(17(18)19)11(14-7-15-12)16-9-5-3-8(13)4-6-9/h3-7H,2H2,1H3,(H,14,15,16). The van der Waals surface area contributed by atoms with E-state index in [1.165, 1.54) is 6.33 Å². The number of anilines is 2. The average Bonchev–Trinajstić information content (AvgIpc) is 2.41. The Labute approximate surface area is 128 Å². The van der Waals surface area contributed by atoms with Crippen LogP contribution in [0, 0.1) is 13.7 Å². The third-order valence-corrected chi connectivity index (χ3v) is 3.08. The SMILES string of the molecule is CCOc1ncnc(Nc2ccc(I)cc2)c1[N+](=O)[O-]. The van der Waals surface area contributed by atoms with E-state index in [0.29, 0.717) is 12.3 Å². The van der Waals surface area contributed by atoms with Crippen molar-refractivity contribution >= 4 is 39.8 Å². The van der Waals surface area contributed by atoms with Gasteiger partial charge in [0.15, 0.2) is 0 Å². The summed E-state index contributed by atoms with van der Waals surface area (Å²) < 4.78 is 6.23. The second-order valence-electron chi connectivity index (χ2n) is 3.70. The van der Waals surface area contributed by atoms with Crippen LogP contribution < -0.4 is 10.1 Å². The zero-order chi connectivity index (χ0) is 14.5. The molecule has 0 amide bonds. The minimum absolute atomic E-state index is 0.0412. The molecule has 0 saturated heterocycles. The second kappa shape index (κ2) is 6.46. The molecule has 0 fully saturated rings. The van der Waals surface area contributed by atoms with Crippen molar-refractivity contribution in [3.05, 3.63) is 44.3 Å². The van der Waals surface area contributed by atoms with Gasteiger partial charge in [0, 0.05) is 9.26 Å². The fourth-order valence-electron chi connectivity index (χ4n) is 1.53. The Morgan fingerprint density at radius 2 is 2.05 bits per heavy atom. The molecular formula is C12H11IN4O3. The summed E-state index contributed by atoms with van der Waals surface area (Å²) >= 11 is 2.18. The number of halogens is 1. The summed E-state index contributed by atoms with van der Waals surface area (Å²) in [5, 5.41) is 14.1. The summed E-state index contributed by atoms with van der Waals surface area (Å²) in [6.07, 6.45) is 1.23. The first kappa shape index (κ1) is 14.4. The van der Waals surface area contributed by atoms with Gasteiger partial charge in [-0.15, -0.1) is 0 Å². The summed E-state index contributed by atoms with van der Waals surface area (Å²) in [6.45, 7) is 2.03. The second-order valence-corrected chi connectivity index (χ2v) is 4.94. The summed E-state index contributed by atoms with van der Waals surface area (Å²) in [6, 6.07) is 7.40. The molecule has 0 radical (unpaired) electrons. The first-order valence-corrected chi connectivity index (χ1v) is 6.84. The molecule has 1 N–H and O–H groups in total. The van der Waals surface area contributed by atoms with Crippen LogP contribution in [0.3, 0.4) is 0 Å². The smallest absolute Gasteiger partial charge is 0.373 e. The van der Waals surface area contributed by atoms with Crippen LogP contribution in [0.2, 0.25) is 0 Å². The predicted molar refractivity (Wildman–Crippen MR) is 82.3 cm³/mol. The summed E-state index contributed by atoms with van der Waals surface area (Å²) in [5.41, 5.74) is 0.433. The van der Waals surface area contributed by atoms with E-state index in [1.807, 2.05) is 24.3 Å². The van der Waals surface area contributed by atoms with Gasteiger partial charge in [0.05, 0.1) is 11.5 Å². The number of nitrogens with zero attached hydrogens (tertiary/aromatic N) is 3. The molecular weight excluding hydrogens is 375 g/mol. The Balaban J connectivity index is 2.37. The molecule has 0 aliphatic heterocycles. The van der Waals surface area contributed by atoms with Crippen LogP contribution in [-0.4, -0.2) is 21.5 Å². The number of nitrogens with one attached hydrogen (secondary N) is 1. The van der Waals surface area contributed by atoms with Crippen molar-refractivity contribution in [1.29, 1.82) is 0 Å². The number of rotatable bonds is 5. The van der Waals surface area contributed by atoms with E-state index in [2.05, 4.69) is 37.9 Å². The number of hydrogen-bond donors (Lipinski definition) is 1. The van der Waals surface area contributed by atoms with Crippen LogP contribution in [0.15, 0.2) is 30.6 Å². The maximum absolute atomic E-state index is 11.2. The van der Waals surface area contributed by atoms with Crippen molar-refractivity contribution in [1.82, 2.24) is 9.97 Å². The lowest BCUT2D eigenvalue weighted by molar-refractivity contribution is -0.385. The lowest BCUT2D eigenvalue weighted by Gasteiger charge is -2.08. The van der Waals surface area contributed by atoms with Gasteiger partial charge in [-0.25, -0.2) is 4.98 Å². The van der Waals surface area contributed by atoms with Gasteiger partial charge in [-0.2, -0.15) is 4.98 Å². The Hall–Kier alpha value is -1.97.